The van der Waals surface area contributed by atoms with E-state index in [2.05, 4.69) is 28.3 Å². The molecule has 3 rings (SSSR count). The summed E-state index contributed by atoms with van der Waals surface area (Å²) in [4.78, 5) is 8.66. The van der Waals surface area contributed by atoms with Crippen LogP contribution in [0.1, 0.15) is 44.6 Å². The van der Waals surface area contributed by atoms with Crippen molar-refractivity contribution in [2.24, 2.45) is 5.92 Å². The van der Waals surface area contributed by atoms with E-state index in [1.54, 1.807) is 12.4 Å². The van der Waals surface area contributed by atoms with Gasteiger partial charge in [-0.25, -0.2) is 9.97 Å². The number of hydrogen-bond donors (Lipinski definition) is 1. The minimum Gasteiger partial charge on any atom is -0.367 e. The van der Waals surface area contributed by atoms with Crippen LogP contribution in [-0.2, 0) is 0 Å². The number of aromatic nitrogens is 2. The Balaban J connectivity index is 1.82. The van der Waals surface area contributed by atoms with Crippen LogP contribution in [0.2, 0.25) is 0 Å². The summed E-state index contributed by atoms with van der Waals surface area (Å²) in [6.07, 6.45) is 7.86. The highest BCUT2D eigenvalue weighted by molar-refractivity contribution is 5.89. The summed E-state index contributed by atoms with van der Waals surface area (Å²) in [6.45, 7) is 2.28. The van der Waals surface area contributed by atoms with Gasteiger partial charge in [0.25, 0.3) is 0 Å². The highest BCUT2D eigenvalue weighted by atomic mass is 15.0. The molecule has 1 aliphatic rings. The highest BCUT2D eigenvalue weighted by Crippen LogP contribution is 2.29. The SMILES string of the molecule is CC[C@H]1CC[C@@H](Nc2ncnc3ccc(C#N)cc23)CC1. The van der Waals surface area contributed by atoms with E-state index in [1.807, 2.05) is 12.1 Å². The number of rotatable bonds is 3. The molecule has 4 nitrogen and oxygen atoms in total. The lowest BCUT2D eigenvalue weighted by molar-refractivity contribution is 0.330. The maximum atomic E-state index is 9.05. The van der Waals surface area contributed by atoms with Gasteiger partial charge in [0, 0.05) is 11.4 Å². The van der Waals surface area contributed by atoms with Crippen LogP contribution < -0.4 is 5.32 Å². The second-order valence-electron chi connectivity index (χ2n) is 5.84. The van der Waals surface area contributed by atoms with Gasteiger partial charge in [-0.2, -0.15) is 5.26 Å². The summed E-state index contributed by atoms with van der Waals surface area (Å²) >= 11 is 0. The second kappa shape index (κ2) is 6.09. The average Bonchev–Trinajstić information content (AvgIpc) is 2.55. The topological polar surface area (TPSA) is 61.6 Å². The number of nitrogens with one attached hydrogen (secondary N) is 1. The quantitative estimate of drug-likeness (QED) is 0.926. The van der Waals surface area contributed by atoms with Crippen LogP contribution in [0.4, 0.5) is 5.82 Å². The Kier molecular flexibility index (Phi) is 4.01. The molecule has 2 aromatic rings. The van der Waals surface area contributed by atoms with Crippen molar-refractivity contribution in [3.05, 3.63) is 30.1 Å². The van der Waals surface area contributed by atoms with Crippen molar-refractivity contribution >= 4 is 16.7 Å². The molecular weight excluding hydrogens is 260 g/mol. The molecule has 1 aromatic carbocycles. The molecule has 21 heavy (non-hydrogen) atoms. The van der Waals surface area contributed by atoms with Crippen LogP contribution in [-0.4, -0.2) is 16.0 Å². The Morgan fingerprint density at radius 1 is 1.24 bits per heavy atom. The first-order chi connectivity index (χ1) is 10.3. The summed E-state index contributed by atoms with van der Waals surface area (Å²) in [6, 6.07) is 8.21. The normalized spacial score (nSPS) is 21.9. The second-order valence-corrected chi connectivity index (χ2v) is 5.84. The lowest BCUT2D eigenvalue weighted by Gasteiger charge is -2.29. The average molecular weight is 280 g/mol. The lowest BCUT2D eigenvalue weighted by Crippen LogP contribution is -2.26. The van der Waals surface area contributed by atoms with Crippen molar-refractivity contribution in [3.8, 4) is 6.07 Å². The minimum atomic E-state index is 0.483. The van der Waals surface area contributed by atoms with E-state index in [9.17, 15) is 0 Å². The molecule has 4 heteroatoms. The van der Waals surface area contributed by atoms with E-state index in [0.29, 0.717) is 11.6 Å². The minimum absolute atomic E-state index is 0.483. The van der Waals surface area contributed by atoms with E-state index in [0.717, 1.165) is 22.6 Å². The van der Waals surface area contributed by atoms with Crippen LogP contribution in [0.3, 0.4) is 0 Å². The number of hydrogen-bond acceptors (Lipinski definition) is 4. The van der Waals surface area contributed by atoms with Crippen molar-refractivity contribution in [3.63, 3.8) is 0 Å². The molecular formula is C17H20N4. The number of nitrogens with zero attached hydrogens (tertiary/aromatic N) is 3. The van der Waals surface area contributed by atoms with Gasteiger partial charge in [0.15, 0.2) is 0 Å². The number of fused-ring (bicyclic) bond motifs is 1. The molecule has 0 bridgehead atoms. The zero-order valence-corrected chi connectivity index (χ0v) is 12.3. The number of anilines is 1. The molecule has 0 atom stereocenters. The van der Waals surface area contributed by atoms with Crippen molar-refractivity contribution < 1.29 is 0 Å². The van der Waals surface area contributed by atoms with Crippen molar-refractivity contribution in [1.29, 1.82) is 5.26 Å². The molecule has 108 valence electrons. The number of benzene rings is 1. The Morgan fingerprint density at radius 2 is 2.05 bits per heavy atom. The van der Waals surface area contributed by atoms with Gasteiger partial charge in [-0.05, 0) is 49.8 Å². The van der Waals surface area contributed by atoms with Crippen molar-refractivity contribution in [2.75, 3.05) is 5.32 Å². The monoisotopic (exact) mass is 280 g/mol. The zero-order chi connectivity index (χ0) is 14.7. The van der Waals surface area contributed by atoms with Crippen molar-refractivity contribution in [2.45, 2.75) is 45.1 Å². The van der Waals surface area contributed by atoms with E-state index in [-0.39, 0.29) is 0 Å². The molecule has 1 heterocycles. The van der Waals surface area contributed by atoms with Gasteiger partial charge in [0.2, 0.25) is 0 Å². The Morgan fingerprint density at radius 3 is 2.76 bits per heavy atom. The summed E-state index contributed by atoms with van der Waals surface area (Å²) in [5.41, 5.74) is 1.53. The largest absolute Gasteiger partial charge is 0.367 e. The van der Waals surface area contributed by atoms with Gasteiger partial charge in [0.1, 0.15) is 12.1 Å². The first-order valence-electron chi connectivity index (χ1n) is 7.71. The standard InChI is InChI=1S/C17H20N4/c1-2-12-3-6-14(7-4-12)21-17-15-9-13(10-18)5-8-16(15)19-11-20-17/h5,8-9,11-12,14H,2-4,6-7H2,1H3,(H,19,20,21)/t12-,14+. The third kappa shape index (κ3) is 2.97. The fourth-order valence-electron chi connectivity index (χ4n) is 3.15. The lowest BCUT2D eigenvalue weighted by atomic mass is 9.84. The van der Waals surface area contributed by atoms with E-state index < -0.39 is 0 Å². The van der Waals surface area contributed by atoms with E-state index in [4.69, 9.17) is 5.26 Å². The summed E-state index contributed by atoms with van der Waals surface area (Å²) in [5.74, 6) is 1.74. The summed E-state index contributed by atoms with van der Waals surface area (Å²) in [5, 5.41) is 13.6. The maximum Gasteiger partial charge on any atom is 0.137 e. The molecule has 1 aromatic heterocycles. The van der Waals surface area contributed by atoms with Gasteiger partial charge >= 0.3 is 0 Å². The summed E-state index contributed by atoms with van der Waals surface area (Å²) < 4.78 is 0. The molecule has 0 saturated heterocycles. The van der Waals surface area contributed by atoms with Crippen LogP contribution in [0.15, 0.2) is 24.5 Å². The third-order valence-corrected chi connectivity index (χ3v) is 4.53. The predicted molar refractivity (Wildman–Crippen MR) is 83.9 cm³/mol. The van der Waals surface area contributed by atoms with Crippen LogP contribution in [0.25, 0.3) is 10.9 Å². The fourth-order valence-corrected chi connectivity index (χ4v) is 3.15. The van der Waals surface area contributed by atoms with Crippen LogP contribution in [0.5, 0.6) is 0 Å². The molecule has 1 N–H and O–H groups in total. The predicted octanol–water partition coefficient (Wildman–Crippen LogP) is 3.88. The Bertz CT molecular complexity index is 666. The third-order valence-electron chi connectivity index (χ3n) is 4.53. The zero-order valence-electron chi connectivity index (χ0n) is 12.3. The first-order valence-corrected chi connectivity index (χ1v) is 7.71. The van der Waals surface area contributed by atoms with E-state index in [1.165, 1.54) is 32.1 Å². The van der Waals surface area contributed by atoms with Crippen LogP contribution in [0, 0.1) is 17.2 Å². The van der Waals surface area contributed by atoms with Gasteiger partial charge in [-0.3, -0.25) is 0 Å². The maximum absolute atomic E-state index is 9.05. The molecule has 0 amide bonds. The molecule has 1 aliphatic carbocycles. The Hall–Kier alpha value is -2.15. The first kappa shape index (κ1) is 13.8. The van der Waals surface area contributed by atoms with Gasteiger partial charge < -0.3 is 5.32 Å². The van der Waals surface area contributed by atoms with Gasteiger partial charge in [-0.1, -0.05) is 13.3 Å². The molecule has 0 radical (unpaired) electrons. The fraction of sp³-hybridized carbons (Fsp3) is 0.471. The van der Waals surface area contributed by atoms with Gasteiger partial charge in [0.05, 0.1) is 17.1 Å². The summed E-state index contributed by atoms with van der Waals surface area (Å²) in [7, 11) is 0. The Labute approximate surface area is 125 Å². The molecule has 0 spiro atoms. The van der Waals surface area contributed by atoms with Crippen molar-refractivity contribution in [1.82, 2.24) is 9.97 Å². The molecule has 1 saturated carbocycles. The van der Waals surface area contributed by atoms with E-state index >= 15 is 0 Å². The van der Waals surface area contributed by atoms with Gasteiger partial charge in [-0.15, -0.1) is 0 Å². The highest BCUT2D eigenvalue weighted by Gasteiger charge is 2.20. The molecule has 1 fully saturated rings. The van der Waals surface area contributed by atoms with Crippen LogP contribution >= 0.6 is 0 Å². The smallest absolute Gasteiger partial charge is 0.137 e. The molecule has 0 aliphatic heterocycles. The number of nitriles is 1. The molecule has 0 unspecified atom stereocenters.